The Morgan fingerprint density at radius 1 is 0.864 bits per heavy atom. The molecule has 0 radical (unpaired) electrons. The van der Waals surface area contributed by atoms with Gasteiger partial charge in [0.2, 0.25) is 0 Å². The van der Waals surface area contributed by atoms with Gasteiger partial charge in [0.15, 0.2) is 0 Å². The molecule has 1 aliphatic heterocycles. The molecule has 6 heteroatoms. The molecule has 3 aromatic carbocycles. The molecule has 2 aliphatic rings. The van der Waals surface area contributed by atoms with Gasteiger partial charge in [-0.05, 0) is 59.0 Å². The van der Waals surface area contributed by atoms with Gasteiger partial charge in [-0.2, -0.15) is 0 Å². The molecule has 5 nitrogen and oxygen atoms in total. The van der Waals surface area contributed by atoms with E-state index in [4.69, 9.17) is 9.16 Å². The fourth-order valence-corrected chi connectivity index (χ4v) is 12.6. The standard InChI is InChI=1S/C38H53NO4Si/c1-37(2,3)44(34-19-9-5-10-20-34,35-21-11-6-12-22-35)43-29-32-17-13-23-38(32)24-14-18-33(39-38)25-36(41)31(26-40)28-42-27-30-15-7-4-8-16-30/h4-12,15-16,19-22,31-33,36,39-41H,13-14,17-18,23-29H2,1-3H3/t31-,32+,33+,36+,38-/m0/s1. The van der Waals surface area contributed by atoms with Crippen LogP contribution < -0.4 is 15.7 Å². The van der Waals surface area contributed by atoms with Gasteiger partial charge >= 0.3 is 0 Å². The summed E-state index contributed by atoms with van der Waals surface area (Å²) >= 11 is 0. The van der Waals surface area contributed by atoms with Crippen molar-refractivity contribution in [3.63, 3.8) is 0 Å². The first-order valence-corrected chi connectivity index (χ1v) is 18.6. The smallest absolute Gasteiger partial charge is 0.261 e. The number of hydrogen-bond acceptors (Lipinski definition) is 5. The lowest BCUT2D eigenvalue weighted by Gasteiger charge is -2.47. The number of rotatable bonds is 13. The van der Waals surface area contributed by atoms with Crippen LogP contribution in [0.2, 0.25) is 5.04 Å². The van der Waals surface area contributed by atoms with E-state index >= 15 is 0 Å². The molecule has 3 aromatic rings. The van der Waals surface area contributed by atoms with Gasteiger partial charge in [0.1, 0.15) is 0 Å². The van der Waals surface area contributed by atoms with Crippen LogP contribution in [-0.4, -0.2) is 56.0 Å². The first-order valence-electron chi connectivity index (χ1n) is 16.7. The van der Waals surface area contributed by atoms with Gasteiger partial charge in [-0.25, -0.2) is 0 Å². The number of ether oxygens (including phenoxy) is 1. The minimum atomic E-state index is -2.61. The van der Waals surface area contributed by atoms with E-state index in [9.17, 15) is 10.2 Å². The summed E-state index contributed by atoms with van der Waals surface area (Å²) < 4.78 is 13.3. The van der Waals surface area contributed by atoms with Crippen LogP contribution in [0.3, 0.4) is 0 Å². The Labute approximate surface area is 266 Å². The van der Waals surface area contributed by atoms with Crippen molar-refractivity contribution < 1.29 is 19.4 Å². The van der Waals surface area contributed by atoms with Gasteiger partial charge in [0.25, 0.3) is 8.32 Å². The summed E-state index contributed by atoms with van der Waals surface area (Å²) in [6, 6.07) is 32.1. The van der Waals surface area contributed by atoms with Crippen LogP contribution in [0, 0.1) is 11.8 Å². The second kappa shape index (κ2) is 14.8. The monoisotopic (exact) mass is 615 g/mol. The van der Waals surface area contributed by atoms with Gasteiger partial charge in [-0.15, -0.1) is 0 Å². The maximum Gasteiger partial charge on any atom is 0.261 e. The van der Waals surface area contributed by atoms with E-state index in [0.717, 1.165) is 44.3 Å². The quantitative estimate of drug-likeness (QED) is 0.212. The van der Waals surface area contributed by atoms with Crippen molar-refractivity contribution in [2.24, 2.45) is 11.8 Å². The third-order valence-electron chi connectivity index (χ3n) is 10.3. The second-order valence-electron chi connectivity index (χ2n) is 14.2. The fourth-order valence-electron chi connectivity index (χ4n) is 7.96. The SMILES string of the molecule is CC(C)(C)[Si](OC[C@H]1CCC[C@]12CCC[C@H](C[C@@H](O)[C@@H](CO)COCc1ccccc1)N2)(c1ccccc1)c1ccccc1. The maximum atomic E-state index is 11.2. The zero-order chi connectivity index (χ0) is 31.0. The average molecular weight is 616 g/mol. The van der Waals surface area contributed by atoms with Crippen molar-refractivity contribution in [1.29, 1.82) is 0 Å². The van der Waals surface area contributed by atoms with Crippen LogP contribution in [0.4, 0.5) is 0 Å². The van der Waals surface area contributed by atoms with Crippen molar-refractivity contribution in [2.45, 2.75) is 95.0 Å². The van der Waals surface area contributed by atoms with Crippen LogP contribution in [-0.2, 0) is 15.8 Å². The van der Waals surface area contributed by atoms with E-state index in [1.807, 2.05) is 30.3 Å². The minimum Gasteiger partial charge on any atom is -0.407 e. The summed E-state index contributed by atoms with van der Waals surface area (Å²) in [5.74, 6) is 0.128. The molecule has 44 heavy (non-hydrogen) atoms. The Kier molecular flexibility index (Phi) is 11.2. The lowest BCUT2D eigenvalue weighted by atomic mass is 9.77. The van der Waals surface area contributed by atoms with Crippen LogP contribution in [0.15, 0.2) is 91.0 Å². The lowest BCUT2D eigenvalue weighted by Crippen LogP contribution is -2.67. The summed E-state index contributed by atoms with van der Waals surface area (Å²) in [6.07, 6.45) is 6.87. The Bertz CT molecular complexity index is 1230. The van der Waals surface area contributed by atoms with E-state index in [-0.39, 0.29) is 29.1 Å². The predicted octanol–water partition coefficient (Wildman–Crippen LogP) is 5.82. The van der Waals surface area contributed by atoms with Crippen molar-refractivity contribution >= 4 is 18.7 Å². The molecule has 1 spiro atoms. The molecule has 238 valence electrons. The number of aliphatic hydroxyl groups is 2. The topological polar surface area (TPSA) is 71.0 Å². The number of nitrogens with one attached hydrogen (secondary N) is 1. The summed E-state index contributed by atoms with van der Waals surface area (Å²) in [7, 11) is -2.61. The molecule has 0 amide bonds. The van der Waals surface area contributed by atoms with E-state index in [0.29, 0.717) is 25.6 Å². The van der Waals surface area contributed by atoms with E-state index in [2.05, 4.69) is 86.8 Å². The molecule has 1 saturated carbocycles. The average Bonchev–Trinajstić information content (AvgIpc) is 3.41. The highest BCUT2D eigenvalue weighted by Crippen LogP contribution is 2.45. The molecular formula is C38H53NO4Si. The first-order chi connectivity index (χ1) is 21.3. The molecular weight excluding hydrogens is 563 g/mol. The molecule has 5 rings (SSSR count). The van der Waals surface area contributed by atoms with Gasteiger partial charge in [0.05, 0.1) is 25.9 Å². The summed E-state index contributed by atoms with van der Waals surface area (Å²) in [6.45, 7) is 8.54. The fraction of sp³-hybridized carbons (Fsp3) is 0.526. The predicted molar refractivity (Wildman–Crippen MR) is 182 cm³/mol. The van der Waals surface area contributed by atoms with Crippen molar-refractivity contribution in [3.05, 3.63) is 96.6 Å². The van der Waals surface area contributed by atoms with Crippen molar-refractivity contribution in [2.75, 3.05) is 19.8 Å². The molecule has 5 atom stereocenters. The molecule has 0 aromatic heterocycles. The van der Waals surface area contributed by atoms with Crippen LogP contribution in [0.1, 0.15) is 71.3 Å². The highest BCUT2D eigenvalue weighted by molar-refractivity contribution is 6.99. The number of aliphatic hydroxyl groups excluding tert-OH is 2. The van der Waals surface area contributed by atoms with E-state index in [1.54, 1.807) is 0 Å². The largest absolute Gasteiger partial charge is 0.407 e. The molecule has 1 aliphatic carbocycles. The Hall–Kier alpha value is -2.32. The third-order valence-corrected chi connectivity index (χ3v) is 15.3. The molecule has 1 saturated heterocycles. The van der Waals surface area contributed by atoms with Crippen LogP contribution >= 0.6 is 0 Å². The zero-order valence-electron chi connectivity index (χ0n) is 27.0. The molecule has 1 heterocycles. The van der Waals surface area contributed by atoms with E-state index < -0.39 is 14.4 Å². The van der Waals surface area contributed by atoms with Crippen molar-refractivity contribution in [3.8, 4) is 0 Å². The second-order valence-corrected chi connectivity index (χ2v) is 18.5. The molecule has 0 bridgehead atoms. The van der Waals surface area contributed by atoms with Crippen molar-refractivity contribution in [1.82, 2.24) is 5.32 Å². The van der Waals surface area contributed by atoms with Gasteiger partial charge in [-0.1, -0.05) is 125 Å². The lowest BCUT2D eigenvalue weighted by molar-refractivity contribution is -0.0161. The molecule has 3 N–H and O–H groups in total. The third kappa shape index (κ3) is 7.38. The number of piperidine rings is 1. The normalized spacial score (nSPS) is 23.9. The number of hydrogen-bond donors (Lipinski definition) is 3. The Morgan fingerprint density at radius 2 is 1.43 bits per heavy atom. The van der Waals surface area contributed by atoms with Gasteiger partial charge in [-0.3, -0.25) is 0 Å². The molecule has 0 unspecified atom stereocenters. The highest BCUT2D eigenvalue weighted by Gasteiger charge is 2.52. The summed E-state index contributed by atoms with van der Waals surface area (Å²) in [5.41, 5.74) is 1.13. The van der Waals surface area contributed by atoms with Crippen LogP contribution in [0.25, 0.3) is 0 Å². The highest BCUT2D eigenvalue weighted by atomic mass is 28.4. The zero-order valence-corrected chi connectivity index (χ0v) is 28.0. The van der Waals surface area contributed by atoms with Gasteiger partial charge in [0, 0.05) is 24.1 Å². The van der Waals surface area contributed by atoms with Crippen LogP contribution in [0.5, 0.6) is 0 Å². The maximum absolute atomic E-state index is 11.2. The first kappa shape index (κ1) is 33.1. The number of benzene rings is 3. The minimum absolute atomic E-state index is 0.0343. The Morgan fingerprint density at radius 3 is 2.00 bits per heavy atom. The van der Waals surface area contributed by atoms with Gasteiger partial charge < -0.3 is 24.7 Å². The Balaban J connectivity index is 1.27. The van der Waals surface area contributed by atoms with E-state index in [1.165, 1.54) is 16.8 Å². The molecule has 2 fully saturated rings. The summed E-state index contributed by atoms with van der Waals surface area (Å²) in [5, 5.41) is 28.0. The summed E-state index contributed by atoms with van der Waals surface area (Å²) in [4.78, 5) is 0.